The Hall–Kier alpha value is -2.51. The molecule has 0 unspecified atom stereocenters. The molecule has 0 spiro atoms. The zero-order valence-electron chi connectivity index (χ0n) is 15.3. The van der Waals surface area contributed by atoms with E-state index in [1.807, 2.05) is 72.8 Å². The second-order valence-electron chi connectivity index (χ2n) is 7.28. The van der Waals surface area contributed by atoms with Gasteiger partial charge in [0.25, 0.3) is 0 Å². The summed E-state index contributed by atoms with van der Waals surface area (Å²) in [6, 6.07) is 24.2. The highest BCUT2D eigenvalue weighted by molar-refractivity contribution is 7.74. The van der Waals surface area contributed by atoms with E-state index in [0.29, 0.717) is 22.0 Å². The summed E-state index contributed by atoms with van der Waals surface area (Å²) in [6.07, 6.45) is 0. The van der Waals surface area contributed by atoms with E-state index >= 15 is 0 Å². The highest BCUT2D eigenvalue weighted by Gasteiger charge is 2.31. The van der Waals surface area contributed by atoms with Crippen molar-refractivity contribution in [2.45, 2.75) is 26.2 Å². The Kier molecular flexibility index (Phi) is 4.93. The molecule has 0 radical (unpaired) electrons. The van der Waals surface area contributed by atoms with Gasteiger partial charge in [-0.2, -0.15) is 0 Å². The van der Waals surface area contributed by atoms with Gasteiger partial charge in [-0.3, -0.25) is 4.57 Å². The van der Waals surface area contributed by atoms with E-state index in [9.17, 15) is 4.57 Å². The number of nitrogen functional groups attached to an aromatic ring is 1. The smallest absolute Gasteiger partial charge is 0.306 e. The van der Waals surface area contributed by atoms with Crippen LogP contribution in [-0.4, -0.2) is 0 Å². The summed E-state index contributed by atoms with van der Waals surface area (Å²) in [4.78, 5) is 0. The van der Waals surface area contributed by atoms with Gasteiger partial charge in [-0.05, 0) is 41.3 Å². The van der Waals surface area contributed by atoms with Crippen molar-refractivity contribution in [1.29, 1.82) is 0 Å². The molecular weight excluding hydrogens is 341 g/mol. The molecule has 0 aliphatic heterocycles. The Balaban J connectivity index is 2.14. The number of para-hydroxylation sites is 1. The summed E-state index contributed by atoms with van der Waals surface area (Å²) in [5.74, 6) is 0.452. The lowest BCUT2D eigenvalue weighted by molar-refractivity contribution is 0.502. The molecule has 3 rings (SSSR count). The van der Waals surface area contributed by atoms with Crippen LogP contribution in [-0.2, 0) is 9.98 Å². The minimum atomic E-state index is -3.33. The maximum atomic E-state index is 14.0. The highest BCUT2D eigenvalue weighted by Crippen LogP contribution is 2.48. The van der Waals surface area contributed by atoms with Gasteiger partial charge in [-0.25, -0.2) is 0 Å². The monoisotopic (exact) mass is 365 g/mol. The average Bonchev–Trinajstić information content (AvgIpc) is 2.64. The van der Waals surface area contributed by atoms with Gasteiger partial charge in [-0.1, -0.05) is 69.3 Å². The lowest BCUT2D eigenvalue weighted by Crippen LogP contribution is -2.21. The van der Waals surface area contributed by atoms with Gasteiger partial charge in [0.15, 0.2) is 5.75 Å². The van der Waals surface area contributed by atoms with Crippen LogP contribution < -0.4 is 20.9 Å². The second kappa shape index (κ2) is 7.01. The van der Waals surface area contributed by atoms with Gasteiger partial charge >= 0.3 is 7.37 Å². The Labute approximate surface area is 155 Å². The zero-order valence-corrected chi connectivity index (χ0v) is 16.2. The van der Waals surface area contributed by atoms with E-state index < -0.39 is 7.37 Å². The first-order chi connectivity index (χ1) is 12.3. The third-order valence-corrected chi connectivity index (χ3v) is 6.70. The first-order valence-corrected chi connectivity index (χ1v) is 10.2. The predicted octanol–water partition coefficient (Wildman–Crippen LogP) is 4.87. The number of rotatable bonds is 4. The Morgan fingerprint density at radius 2 is 1.27 bits per heavy atom. The van der Waals surface area contributed by atoms with Gasteiger partial charge in [0, 0.05) is 0 Å². The van der Waals surface area contributed by atoms with Crippen molar-refractivity contribution in [3.63, 3.8) is 0 Å². The molecule has 134 valence electrons. The van der Waals surface area contributed by atoms with Crippen molar-refractivity contribution in [1.82, 2.24) is 0 Å². The fraction of sp³-hybridized carbons (Fsp3) is 0.182. The number of hydrogen-bond donors (Lipinski definition) is 1. The van der Waals surface area contributed by atoms with Gasteiger partial charge in [0.2, 0.25) is 0 Å². The Morgan fingerprint density at radius 1 is 0.769 bits per heavy atom. The molecule has 0 aliphatic carbocycles. The van der Waals surface area contributed by atoms with Crippen LogP contribution in [0, 0.1) is 0 Å². The average molecular weight is 365 g/mol. The molecule has 0 atom stereocenters. The maximum absolute atomic E-state index is 14.0. The highest BCUT2D eigenvalue weighted by atomic mass is 31.2. The molecule has 3 nitrogen and oxygen atoms in total. The van der Waals surface area contributed by atoms with Gasteiger partial charge in [0.05, 0.1) is 16.3 Å². The Bertz CT molecular complexity index is 888. The minimum absolute atomic E-state index is 0.132. The summed E-state index contributed by atoms with van der Waals surface area (Å²) in [6.45, 7) is 6.28. The molecule has 2 N–H and O–H groups in total. The van der Waals surface area contributed by atoms with Crippen LogP contribution in [0.4, 0.5) is 5.69 Å². The minimum Gasteiger partial charge on any atom is -0.435 e. The van der Waals surface area contributed by atoms with Crippen molar-refractivity contribution in [3.8, 4) is 5.75 Å². The fourth-order valence-electron chi connectivity index (χ4n) is 2.92. The fourth-order valence-corrected chi connectivity index (χ4v) is 4.99. The van der Waals surface area contributed by atoms with Crippen LogP contribution in [0.2, 0.25) is 0 Å². The molecule has 0 fully saturated rings. The first-order valence-electron chi connectivity index (χ1n) is 8.62. The van der Waals surface area contributed by atoms with Crippen molar-refractivity contribution in [2.24, 2.45) is 0 Å². The lowest BCUT2D eigenvalue weighted by Gasteiger charge is -2.25. The molecule has 0 saturated carbocycles. The van der Waals surface area contributed by atoms with Crippen LogP contribution in [0.1, 0.15) is 26.3 Å². The molecule has 0 bridgehead atoms. The van der Waals surface area contributed by atoms with Crippen molar-refractivity contribution in [3.05, 3.63) is 84.4 Å². The molecule has 0 amide bonds. The van der Waals surface area contributed by atoms with Crippen LogP contribution in [0.25, 0.3) is 0 Å². The van der Waals surface area contributed by atoms with Gasteiger partial charge in [0.1, 0.15) is 0 Å². The standard InChI is InChI=1S/C22H24NO2P/c1-22(2,3)19-15-10-16-20(21(19)23)25-26(24,17-11-6-4-7-12-17)18-13-8-5-9-14-18/h4-16H,23H2,1-3H3. The molecule has 3 aromatic carbocycles. The molecule has 26 heavy (non-hydrogen) atoms. The van der Waals surface area contributed by atoms with E-state index in [-0.39, 0.29) is 5.41 Å². The molecule has 3 aromatic rings. The van der Waals surface area contributed by atoms with E-state index in [0.717, 1.165) is 5.56 Å². The normalized spacial score (nSPS) is 12.0. The Morgan fingerprint density at radius 3 is 1.73 bits per heavy atom. The summed E-state index contributed by atoms with van der Waals surface area (Å²) < 4.78 is 20.2. The van der Waals surface area contributed by atoms with Gasteiger partial charge in [-0.15, -0.1) is 0 Å². The largest absolute Gasteiger partial charge is 0.435 e. The van der Waals surface area contributed by atoms with Crippen molar-refractivity contribution >= 4 is 23.7 Å². The van der Waals surface area contributed by atoms with E-state index in [4.69, 9.17) is 10.3 Å². The summed E-state index contributed by atoms with van der Waals surface area (Å²) in [5, 5.41) is 1.29. The number of nitrogens with two attached hydrogens (primary N) is 1. The summed E-state index contributed by atoms with van der Waals surface area (Å²) in [7, 11) is -3.33. The van der Waals surface area contributed by atoms with Crippen molar-refractivity contribution < 1.29 is 9.09 Å². The van der Waals surface area contributed by atoms with E-state index in [1.165, 1.54) is 0 Å². The molecule has 4 heteroatoms. The van der Waals surface area contributed by atoms with Crippen LogP contribution in [0.15, 0.2) is 78.9 Å². The van der Waals surface area contributed by atoms with E-state index in [1.54, 1.807) is 6.07 Å². The van der Waals surface area contributed by atoms with E-state index in [2.05, 4.69) is 20.8 Å². The maximum Gasteiger partial charge on any atom is 0.306 e. The number of anilines is 1. The lowest BCUT2D eigenvalue weighted by atomic mass is 9.86. The molecule has 0 aliphatic rings. The summed E-state index contributed by atoms with van der Waals surface area (Å²) >= 11 is 0. The molecule has 0 heterocycles. The van der Waals surface area contributed by atoms with Crippen LogP contribution in [0.5, 0.6) is 5.75 Å². The molecular formula is C22H24NO2P. The second-order valence-corrected chi connectivity index (χ2v) is 9.60. The van der Waals surface area contributed by atoms with Crippen molar-refractivity contribution in [2.75, 3.05) is 5.73 Å². The molecule has 0 aromatic heterocycles. The van der Waals surface area contributed by atoms with Crippen LogP contribution in [0.3, 0.4) is 0 Å². The topological polar surface area (TPSA) is 52.3 Å². The third kappa shape index (κ3) is 3.54. The third-order valence-electron chi connectivity index (χ3n) is 4.29. The summed E-state index contributed by atoms with van der Waals surface area (Å²) in [5.41, 5.74) is 7.76. The van der Waals surface area contributed by atoms with Crippen LogP contribution >= 0.6 is 7.37 Å². The molecule has 0 saturated heterocycles. The first kappa shape index (κ1) is 18.3. The van der Waals surface area contributed by atoms with Gasteiger partial charge < -0.3 is 10.3 Å². The number of hydrogen-bond acceptors (Lipinski definition) is 3. The SMILES string of the molecule is CC(C)(C)c1cccc(OP(=O)(c2ccccc2)c2ccccc2)c1N. The number of benzene rings is 3. The zero-order chi connectivity index (χ0) is 18.8. The predicted molar refractivity (Wildman–Crippen MR) is 110 cm³/mol. The quantitative estimate of drug-likeness (QED) is 0.530.